The van der Waals surface area contributed by atoms with Gasteiger partial charge in [0.2, 0.25) is 0 Å². The lowest BCUT2D eigenvalue weighted by molar-refractivity contribution is 0.385. The zero-order chi connectivity index (χ0) is 14.7. The van der Waals surface area contributed by atoms with Crippen molar-refractivity contribution >= 4 is 11.6 Å². The maximum atomic E-state index is 13.4. The molecule has 20 heavy (non-hydrogen) atoms. The van der Waals surface area contributed by atoms with Crippen molar-refractivity contribution in [3.05, 3.63) is 63.9 Å². The second-order valence-electron chi connectivity index (χ2n) is 4.80. The van der Waals surface area contributed by atoms with Crippen molar-refractivity contribution in [2.24, 2.45) is 5.73 Å². The van der Waals surface area contributed by atoms with Gasteiger partial charge in [0.25, 0.3) is 0 Å². The molecule has 4 heteroatoms. The summed E-state index contributed by atoms with van der Waals surface area (Å²) in [5.74, 6) is -0.190. The Morgan fingerprint density at radius 2 is 2.00 bits per heavy atom. The van der Waals surface area contributed by atoms with E-state index in [-0.39, 0.29) is 11.8 Å². The van der Waals surface area contributed by atoms with Crippen LogP contribution in [0, 0.1) is 12.7 Å². The van der Waals surface area contributed by atoms with E-state index in [9.17, 15) is 4.39 Å². The van der Waals surface area contributed by atoms with E-state index >= 15 is 0 Å². The molecule has 0 saturated carbocycles. The summed E-state index contributed by atoms with van der Waals surface area (Å²) in [7, 11) is 1.44. The van der Waals surface area contributed by atoms with Gasteiger partial charge < -0.3 is 10.5 Å². The van der Waals surface area contributed by atoms with Gasteiger partial charge in [0.15, 0.2) is 11.6 Å². The number of hydrogen-bond acceptors (Lipinski definition) is 2. The van der Waals surface area contributed by atoms with Crippen LogP contribution < -0.4 is 10.5 Å². The summed E-state index contributed by atoms with van der Waals surface area (Å²) in [6, 6.07) is 10.3. The molecule has 2 aromatic carbocycles. The SMILES string of the molecule is COc1cc(C(N)Cc2ccc(C)cc2Cl)ccc1F. The summed E-state index contributed by atoms with van der Waals surface area (Å²) in [6.45, 7) is 1.99. The summed E-state index contributed by atoms with van der Waals surface area (Å²) in [5, 5.41) is 0.703. The van der Waals surface area contributed by atoms with Crippen LogP contribution in [0.5, 0.6) is 5.75 Å². The van der Waals surface area contributed by atoms with E-state index in [1.807, 2.05) is 25.1 Å². The minimum absolute atomic E-state index is 0.202. The van der Waals surface area contributed by atoms with E-state index in [0.717, 1.165) is 16.7 Å². The highest BCUT2D eigenvalue weighted by atomic mass is 35.5. The average molecular weight is 294 g/mol. The Balaban J connectivity index is 2.21. The Morgan fingerprint density at radius 1 is 1.25 bits per heavy atom. The van der Waals surface area contributed by atoms with Gasteiger partial charge in [-0.15, -0.1) is 0 Å². The minimum Gasteiger partial charge on any atom is -0.494 e. The lowest BCUT2D eigenvalue weighted by Crippen LogP contribution is -2.14. The lowest BCUT2D eigenvalue weighted by atomic mass is 9.98. The number of ether oxygens (including phenoxy) is 1. The van der Waals surface area contributed by atoms with Crippen molar-refractivity contribution in [3.63, 3.8) is 0 Å². The first-order valence-electron chi connectivity index (χ1n) is 6.35. The highest BCUT2D eigenvalue weighted by molar-refractivity contribution is 6.31. The number of methoxy groups -OCH3 is 1. The Hall–Kier alpha value is -1.58. The lowest BCUT2D eigenvalue weighted by Gasteiger charge is -2.15. The van der Waals surface area contributed by atoms with Gasteiger partial charge in [-0.2, -0.15) is 0 Å². The molecule has 0 fully saturated rings. The molecule has 0 aliphatic carbocycles. The molecule has 2 N–H and O–H groups in total. The monoisotopic (exact) mass is 293 g/mol. The van der Waals surface area contributed by atoms with Crippen LogP contribution in [-0.4, -0.2) is 7.11 Å². The first-order valence-corrected chi connectivity index (χ1v) is 6.73. The third-order valence-corrected chi connectivity index (χ3v) is 3.60. The zero-order valence-electron chi connectivity index (χ0n) is 11.5. The van der Waals surface area contributed by atoms with Crippen LogP contribution in [0.1, 0.15) is 22.7 Å². The smallest absolute Gasteiger partial charge is 0.165 e. The minimum atomic E-state index is -0.392. The van der Waals surface area contributed by atoms with Gasteiger partial charge in [0.1, 0.15) is 0 Å². The predicted molar refractivity (Wildman–Crippen MR) is 79.8 cm³/mol. The van der Waals surface area contributed by atoms with Gasteiger partial charge in [-0.1, -0.05) is 29.8 Å². The molecule has 1 unspecified atom stereocenters. The summed E-state index contributed by atoms with van der Waals surface area (Å²) < 4.78 is 18.4. The molecule has 0 bridgehead atoms. The fourth-order valence-electron chi connectivity index (χ4n) is 2.08. The van der Waals surface area contributed by atoms with Crippen molar-refractivity contribution in [3.8, 4) is 5.75 Å². The van der Waals surface area contributed by atoms with Crippen LogP contribution in [0.4, 0.5) is 4.39 Å². The molecule has 2 rings (SSSR count). The largest absolute Gasteiger partial charge is 0.494 e. The molecule has 2 aromatic rings. The van der Waals surface area contributed by atoms with Crippen LogP contribution in [0.3, 0.4) is 0 Å². The van der Waals surface area contributed by atoms with E-state index < -0.39 is 5.82 Å². The fraction of sp³-hybridized carbons (Fsp3) is 0.250. The molecular formula is C16H17ClFNO. The first kappa shape index (κ1) is 14.8. The van der Waals surface area contributed by atoms with Crippen molar-refractivity contribution in [1.82, 2.24) is 0 Å². The van der Waals surface area contributed by atoms with Gasteiger partial charge >= 0.3 is 0 Å². The topological polar surface area (TPSA) is 35.2 Å². The van der Waals surface area contributed by atoms with Gasteiger partial charge in [-0.05, 0) is 48.2 Å². The maximum absolute atomic E-state index is 13.4. The van der Waals surface area contributed by atoms with E-state index in [1.165, 1.54) is 13.2 Å². The molecule has 0 heterocycles. The Kier molecular flexibility index (Phi) is 4.63. The predicted octanol–water partition coefficient (Wildman–Crippen LogP) is 4.04. The highest BCUT2D eigenvalue weighted by Crippen LogP contribution is 2.26. The van der Waals surface area contributed by atoms with E-state index in [0.29, 0.717) is 11.4 Å². The van der Waals surface area contributed by atoms with Gasteiger partial charge in [0.05, 0.1) is 7.11 Å². The van der Waals surface area contributed by atoms with E-state index in [4.69, 9.17) is 22.1 Å². The number of halogens is 2. The number of nitrogens with two attached hydrogens (primary N) is 1. The van der Waals surface area contributed by atoms with Crippen LogP contribution in [0.25, 0.3) is 0 Å². The van der Waals surface area contributed by atoms with Crippen LogP contribution >= 0.6 is 11.6 Å². The molecular weight excluding hydrogens is 277 g/mol. The molecule has 0 saturated heterocycles. The average Bonchev–Trinajstić information content (AvgIpc) is 2.42. The summed E-state index contributed by atoms with van der Waals surface area (Å²) in [4.78, 5) is 0. The number of aryl methyl sites for hydroxylation is 1. The van der Waals surface area contributed by atoms with Gasteiger partial charge in [0, 0.05) is 11.1 Å². The standard InChI is InChI=1S/C16H17ClFNO/c1-10-3-4-11(13(17)7-10)8-15(19)12-5-6-14(18)16(9-12)20-2/h3-7,9,15H,8,19H2,1-2H3. The first-order chi connectivity index (χ1) is 9.51. The number of rotatable bonds is 4. The fourth-order valence-corrected chi connectivity index (χ4v) is 2.39. The number of benzene rings is 2. The molecule has 0 aliphatic heterocycles. The van der Waals surface area contributed by atoms with Crippen LogP contribution in [0.15, 0.2) is 36.4 Å². The van der Waals surface area contributed by atoms with Crippen molar-refractivity contribution in [1.29, 1.82) is 0 Å². The summed E-state index contributed by atoms with van der Waals surface area (Å²) >= 11 is 6.20. The highest BCUT2D eigenvalue weighted by Gasteiger charge is 2.12. The zero-order valence-corrected chi connectivity index (χ0v) is 12.2. The Morgan fingerprint density at radius 3 is 2.65 bits per heavy atom. The van der Waals surface area contributed by atoms with Gasteiger partial charge in [-0.25, -0.2) is 4.39 Å². The van der Waals surface area contributed by atoms with Crippen LogP contribution in [-0.2, 0) is 6.42 Å². The van der Waals surface area contributed by atoms with Crippen molar-refractivity contribution in [2.45, 2.75) is 19.4 Å². The molecule has 0 amide bonds. The van der Waals surface area contributed by atoms with E-state index in [1.54, 1.807) is 12.1 Å². The normalized spacial score (nSPS) is 12.2. The molecule has 2 nitrogen and oxygen atoms in total. The van der Waals surface area contributed by atoms with Gasteiger partial charge in [-0.3, -0.25) is 0 Å². The Bertz CT molecular complexity index is 615. The second kappa shape index (κ2) is 6.25. The second-order valence-corrected chi connectivity index (χ2v) is 5.21. The molecule has 0 aromatic heterocycles. The van der Waals surface area contributed by atoms with E-state index in [2.05, 4.69) is 0 Å². The molecule has 0 radical (unpaired) electrons. The summed E-state index contributed by atoms with van der Waals surface area (Å²) in [6.07, 6.45) is 0.591. The number of hydrogen-bond donors (Lipinski definition) is 1. The molecule has 106 valence electrons. The quantitative estimate of drug-likeness (QED) is 0.923. The third kappa shape index (κ3) is 3.30. The molecule has 0 aliphatic rings. The molecule has 1 atom stereocenters. The third-order valence-electron chi connectivity index (χ3n) is 3.25. The van der Waals surface area contributed by atoms with Crippen LogP contribution in [0.2, 0.25) is 5.02 Å². The summed E-state index contributed by atoms with van der Waals surface area (Å²) in [5.41, 5.74) is 9.08. The van der Waals surface area contributed by atoms with Crippen molar-refractivity contribution in [2.75, 3.05) is 7.11 Å². The molecule has 0 spiro atoms. The Labute approximate surface area is 123 Å². The maximum Gasteiger partial charge on any atom is 0.165 e. The van der Waals surface area contributed by atoms with Crippen molar-refractivity contribution < 1.29 is 9.13 Å².